The molecular weight excluding hydrogens is 182 g/mol. The molecule has 2 heterocycles. The SMILES string of the molecule is CC(N)c1cnc(C2CCNC2)s1. The largest absolute Gasteiger partial charge is 0.323 e. The number of hydrogen-bond donors (Lipinski definition) is 2. The Balaban J connectivity index is 2.12. The molecule has 4 heteroatoms. The van der Waals surface area contributed by atoms with Crippen molar-refractivity contribution in [2.24, 2.45) is 5.73 Å². The number of rotatable bonds is 2. The quantitative estimate of drug-likeness (QED) is 0.750. The zero-order valence-corrected chi connectivity index (χ0v) is 8.60. The van der Waals surface area contributed by atoms with Crippen molar-refractivity contribution in [2.45, 2.75) is 25.3 Å². The maximum Gasteiger partial charge on any atom is 0.0972 e. The normalized spacial score (nSPS) is 24.9. The Morgan fingerprint density at radius 2 is 2.62 bits per heavy atom. The predicted molar refractivity (Wildman–Crippen MR) is 54.9 cm³/mol. The average Bonchev–Trinajstić information content (AvgIpc) is 2.75. The van der Waals surface area contributed by atoms with Crippen LogP contribution < -0.4 is 11.1 Å². The third kappa shape index (κ3) is 1.90. The van der Waals surface area contributed by atoms with Gasteiger partial charge in [0, 0.05) is 29.6 Å². The molecule has 0 aliphatic carbocycles. The monoisotopic (exact) mass is 197 g/mol. The fraction of sp³-hybridized carbons (Fsp3) is 0.667. The molecule has 0 saturated carbocycles. The van der Waals surface area contributed by atoms with Gasteiger partial charge in [-0.05, 0) is 19.9 Å². The van der Waals surface area contributed by atoms with Crippen LogP contribution in [0.1, 0.15) is 35.2 Å². The Bertz CT molecular complexity index is 276. The molecule has 1 aromatic heterocycles. The second kappa shape index (κ2) is 3.74. The van der Waals surface area contributed by atoms with E-state index in [4.69, 9.17) is 5.73 Å². The van der Waals surface area contributed by atoms with E-state index >= 15 is 0 Å². The molecule has 1 saturated heterocycles. The topological polar surface area (TPSA) is 50.9 Å². The summed E-state index contributed by atoms with van der Waals surface area (Å²) in [5, 5.41) is 4.59. The van der Waals surface area contributed by atoms with E-state index in [1.807, 2.05) is 13.1 Å². The summed E-state index contributed by atoms with van der Waals surface area (Å²) < 4.78 is 0. The van der Waals surface area contributed by atoms with Crippen LogP contribution >= 0.6 is 11.3 Å². The van der Waals surface area contributed by atoms with E-state index in [0.29, 0.717) is 5.92 Å². The first kappa shape index (κ1) is 9.12. The molecule has 3 nitrogen and oxygen atoms in total. The van der Waals surface area contributed by atoms with Crippen molar-refractivity contribution in [2.75, 3.05) is 13.1 Å². The van der Waals surface area contributed by atoms with Gasteiger partial charge in [-0.3, -0.25) is 0 Å². The highest BCUT2D eigenvalue weighted by Gasteiger charge is 2.20. The van der Waals surface area contributed by atoms with Gasteiger partial charge < -0.3 is 11.1 Å². The van der Waals surface area contributed by atoms with Crippen LogP contribution in [0.25, 0.3) is 0 Å². The summed E-state index contributed by atoms with van der Waals surface area (Å²) in [6, 6.07) is 0.126. The van der Waals surface area contributed by atoms with Crippen LogP contribution in [0.4, 0.5) is 0 Å². The standard InChI is InChI=1S/C9H15N3S/c1-6(10)8-5-12-9(13-8)7-2-3-11-4-7/h5-7,11H,2-4,10H2,1H3. The number of hydrogen-bond acceptors (Lipinski definition) is 4. The Hall–Kier alpha value is -0.450. The first-order valence-corrected chi connectivity index (χ1v) is 5.51. The highest BCUT2D eigenvalue weighted by molar-refractivity contribution is 7.11. The molecule has 1 aliphatic rings. The van der Waals surface area contributed by atoms with E-state index in [0.717, 1.165) is 13.1 Å². The maximum atomic E-state index is 5.78. The summed E-state index contributed by atoms with van der Waals surface area (Å²) in [4.78, 5) is 5.61. The Morgan fingerprint density at radius 3 is 3.15 bits per heavy atom. The Kier molecular flexibility index (Phi) is 2.62. The lowest BCUT2D eigenvalue weighted by Crippen LogP contribution is -2.07. The van der Waals surface area contributed by atoms with Crippen molar-refractivity contribution in [1.29, 1.82) is 0 Å². The summed E-state index contributed by atoms with van der Waals surface area (Å²) in [6.45, 7) is 4.20. The molecule has 0 radical (unpaired) electrons. The molecule has 3 N–H and O–H groups in total. The molecule has 1 aromatic rings. The molecular formula is C9H15N3S. The summed E-state index contributed by atoms with van der Waals surface area (Å²) >= 11 is 1.76. The fourth-order valence-corrected chi connectivity index (χ4v) is 2.57. The molecule has 1 aliphatic heterocycles. The van der Waals surface area contributed by atoms with Gasteiger partial charge in [0.05, 0.1) is 5.01 Å². The third-order valence-electron chi connectivity index (χ3n) is 2.40. The van der Waals surface area contributed by atoms with Crippen LogP contribution in [0, 0.1) is 0 Å². The second-order valence-corrected chi connectivity index (χ2v) is 4.67. The smallest absolute Gasteiger partial charge is 0.0972 e. The zero-order valence-electron chi connectivity index (χ0n) is 7.79. The average molecular weight is 197 g/mol. The third-order valence-corrected chi connectivity index (χ3v) is 3.76. The molecule has 0 amide bonds. The van der Waals surface area contributed by atoms with Crippen LogP contribution in [0.15, 0.2) is 6.20 Å². The van der Waals surface area contributed by atoms with E-state index in [9.17, 15) is 0 Å². The summed E-state index contributed by atoms with van der Waals surface area (Å²) in [6.07, 6.45) is 3.13. The van der Waals surface area contributed by atoms with Crippen molar-refractivity contribution in [3.63, 3.8) is 0 Å². The van der Waals surface area contributed by atoms with Gasteiger partial charge in [0.1, 0.15) is 0 Å². The minimum absolute atomic E-state index is 0.126. The van der Waals surface area contributed by atoms with Crippen LogP contribution in [0.2, 0.25) is 0 Å². The Labute approximate surface area is 82.4 Å². The summed E-state index contributed by atoms with van der Waals surface area (Å²) in [7, 11) is 0. The minimum Gasteiger partial charge on any atom is -0.323 e. The molecule has 1 fully saturated rings. The molecule has 0 spiro atoms. The Morgan fingerprint density at radius 1 is 1.77 bits per heavy atom. The highest BCUT2D eigenvalue weighted by atomic mass is 32.1. The number of aromatic nitrogens is 1. The van der Waals surface area contributed by atoms with Crippen LogP contribution in [0.5, 0.6) is 0 Å². The molecule has 13 heavy (non-hydrogen) atoms. The van der Waals surface area contributed by atoms with Gasteiger partial charge in [0.15, 0.2) is 0 Å². The van der Waals surface area contributed by atoms with Crippen LogP contribution in [0.3, 0.4) is 0 Å². The van der Waals surface area contributed by atoms with Crippen molar-refractivity contribution in [1.82, 2.24) is 10.3 Å². The lowest BCUT2D eigenvalue weighted by atomic mass is 10.1. The van der Waals surface area contributed by atoms with Gasteiger partial charge in [0.2, 0.25) is 0 Å². The molecule has 0 bridgehead atoms. The van der Waals surface area contributed by atoms with Gasteiger partial charge in [0.25, 0.3) is 0 Å². The molecule has 2 rings (SSSR count). The number of nitrogens with zero attached hydrogens (tertiary/aromatic N) is 1. The predicted octanol–water partition coefficient (Wildman–Crippen LogP) is 1.24. The van der Waals surface area contributed by atoms with Crippen molar-refractivity contribution >= 4 is 11.3 Å². The van der Waals surface area contributed by atoms with Gasteiger partial charge in [-0.1, -0.05) is 0 Å². The van der Waals surface area contributed by atoms with Crippen molar-refractivity contribution in [3.8, 4) is 0 Å². The van der Waals surface area contributed by atoms with Crippen LogP contribution in [-0.2, 0) is 0 Å². The first-order chi connectivity index (χ1) is 6.27. The van der Waals surface area contributed by atoms with E-state index < -0.39 is 0 Å². The number of nitrogens with one attached hydrogen (secondary N) is 1. The van der Waals surface area contributed by atoms with E-state index in [1.54, 1.807) is 11.3 Å². The van der Waals surface area contributed by atoms with Gasteiger partial charge in [-0.2, -0.15) is 0 Å². The van der Waals surface area contributed by atoms with Gasteiger partial charge in [-0.25, -0.2) is 4.98 Å². The number of nitrogens with two attached hydrogens (primary N) is 1. The second-order valence-electron chi connectivity index (χ2n) is 3.58. The van der Waals surface area contributed by atoms with E-state index in [1.165, 1.54) is 16.3 Å². The van der Waals surface area contributed by atoms with Crippen molar-refractivity contribution in [3.05, 3.63) is 16.1 Å². The zero-order chi connectivity index (χ0) is 9.26. The first-order valence-electron chi connectivity index (χ1n) is 4.69. The van der Waals surface area contributed by atoms with E-state index in [2.05, 4.69) is 10.3 Å². The highest BCUT2D eigenvalue weighted by Crippen LogP contribution is 2.28. The molecule has 2 atom stereocenters. The van der Waals surface area contributed by atoms with Crippen molar-refractivity contribution < 1.29 is 0 Å². The summed E-state index contributed by atoms with van der Waals surface area (Å²) in [5.41, 5.74) is 5.78. The van der Waals surface area contributed by atoms with E-state index in [-0.39, 0.29) is 6.04 Å². The summed E-state index contributed by atoms with van der Waals surface area (Å²) in [5.74, 6) is 0.623. The lowest BCUT2D eigenvalue weighted by molar-refractivity contribution is 0.755. The minimum atomic E-state index is 0.126. The molecule has 2 unspecified atom stereocenters. The van der Waals surface area contributed by atoms with Gasteiger partial charge >= 0.3 is 0 Å². The maximum absolute atomic E-state index is 5.78. The molecule has 0 aromatic carbocycles. The van der Waals surface area contributed by atoms with Crippen LogP contribution in [-0.4, -0.2) is 18.1 Å². The number of thiazole rings is 1. The lowest BCUT2D eigenvalue weighted by Gasteiger charge is -2.02. The van der Waals surface area contributed by atoms with Gasteiger partial charge in [-0.15, -0.1) is 11.3 Å². The molecule has 72 valence electrons. The fourth-order valence-electron chi connectivity index (χ4n) is 1.57.